The Kier molecular flexibility index (Phi) is 8.45. The number of anilines is 3. The molecule has 9 heteroatoms. The van der Waals surface area contributed by atoms with Crippen LogP contribution in [0, 0.1) is 36.1 Å². The molecule has 0 aliphatic heterocycles. The average Bonchev–Trinajstić information content (AvgIpc) is 2.84. The number of thiocarbonyl (C=S) groups is 1. The first-order chi connectivity index (χ1) is 16.6. The van der Waals surface area contributed by atoms with E-state index in [-0.39, 0.29) is 34.1 Å². The molecule has 35 heavy (non-hydrogen) atoms. The lowest BCUT2D eigenvalue weighted by Crippen LogP contribution is -2.22. The molecule has 0 saturated carbocycles. The molecule has 0 heterocycles. The van der Waals surface area contributed by atoms with Gasteiger partial charge in [0.1, 0.15) is 17.3 Å². The topological polar surface area (TPSA) is 53.2 Å². The molecule has 0 aliphatic carbocycles. The minimum Gasteiger partial charge on any atom is -0.332 e. The van der Waals surface area contributed by atoms with Gasteiger partial charge in [-0.25, -0.2) is 17.6 Å². The summed E-state index contributed by atoms with van der Waals surface area (Å²) in [5.41, 5.74) is -0.210. The summed E-state index contributed by atoms with van der Waals surface area (Å²) in [5.74, 6) is -4.18. The van der Waals surface area contributed by atoms with Gasteiger partial charge in [0.25, 0.3) is 5.91 Å². The van der Waals surface area contributed by atoms with E-state index >= 15 is 4.39 Å². The predicted octanol–water partition coefficient (Wildman–Crippen LogP) is 7.20. The molecule has 0 aliphatic rings. The van der Waals surface area contributed by atoms with Gasteiger partial charge in [-0.3, -0.25) is 4.79 Å². The van der Waals surface area contributed by atoms with Gasteiger partial charge in [0, 0.05) is 22.5 Å². The molecule has 184 valence electrons. The van der Waals surface area contributed by atoms with E-state index in [1.807, 2.05) is 13.8 Å². The summed E-state index contributed by atoms with van der Waals surface area (Å²) in [7, 11) is 0. The molecular weight excluding hydrogens is 478 g/mol. The van der Waals surface area contributed by atoms with E-state index in [1.54, 1.807) is 30.3 Å². The fourth-order valence-electron chi connectivity index (χ4n) is 3.39. The Bertz CT molecular complexity index is 1250. The first-order valence-corrected chi connectivity index (χ1v) is 11.4. The average molecular weight is 504 g/mol. The molecule has 3 rings (SSSR count). The molecule has 1 unspecified atom stereocenters. The highest BCUT2D eigenvalue weighted by atomic mass is 32.1. The third-order valence-electron chi connectivity index (χ3n) is 5.63. The number of benzene rings is 3. The van der Waals surface area contributed by atoms with E-state index in [4.69, 9.17) is 12.2 Å². The SMILES string of the molecule is CCC(C)Cc1c(F)c(C)c(F)c(NC(=S)Nc2ccc(NC(=O)c3ccccc3F)cc2)c1F. The van der Waals surface area contributed by atoms with E-state index < -0.39 is 34.9 Å². The van der Waals surface area contributed by atoms with Crippen molar-refractivity contribution in [2.45, 2.75) is 33.6 Å². The standard InChI is InChI=1S/C26H25F4N3OS/c1-4-14(2)13-19-21(28)15(3)22(29)24(23(19)30)33-26(35)32-17-11-9-16(10-12-17)31-25(34)18-7-5-6-8-20(18)27/h5-12,14H,4,13H2,1-3H3,(H,31,34)(H2,32,33,35). The highest BCUT2D eigenvalue weighted by molar-refractivity contribution is 7.80. The van der Waals surface area contributed by atoms with E-state index in [0.29, 0.717) is 11.4 Å². The van der Waals surface area contributed by atoms with Gasteiger partial charge in [0.2, 0.25) is 0 Å². The third kappa shape index (κ3) is 6.16. The van der Waals surface area contributed by atoms with Crippen LogP contribution >= 0.6 is 12.2 Å². The summed E-state index contributed by atoms with van der Waals surface area (Å²) in [6.07, 6.45) is 0.846. The molecule has 0 saturated heterocycles. The molecule has 4 nitrogen and oxygen atoms in total. The molecule has 0 bridgehead atoms. The van der Waals surface area contributed by atoms with Gasteiger partial charge in [-0.2, -0.15) is 0 Å². The van der Waals surface area contributed by atoms with E-state index in [1.165, 1.54) is 25.1 Å². The second kappa shape index (κ2) is 11.3. The summed E-state index contributed by atoms with van der Waals surface area (Å²) in [6.45, 7) is 5.02. The summed E-state index contributed by atoms with van der Waals surface area (Å²) >= 11 is 5.19. The third-order valence-corrected chi connectivity index (χ3v) is 5.84. The largest absolute Gasteiger partial charge is 0.332 e. The summed E-state index contributed by atoms with van der Waals surface area (Å²) in [6, 6.07) is 11.9. The molecule has 3 aromatic carbocycles. The Labute approximate surface area is 206 Å². The minimum absolute atomic E-state index is 0.0131. The van der Waals surface area contributed by atoms with Crippen molar-refractivity contribution in [1.29, 1.82) is 0 Å². The van der Waals surface area contributed by atoms with Gasteiger partial charge in [0.15, 0.2) is 16.7 Å². The fraction of sp³-hybridized carbons (Fsp3) is 0.231. The first-order valence-electron chi connectivity index (χ1n) is 11.0. The monoisotopic (exact) mass is 503 g/mol. The van der Waals surface area contributed by atoms with Crippen molar-refractivity contribution in [1.82, 2.24) is 0 Å². The zero-order valence-electron chi connectivity index (χ0n) is 19.4. The van der Waals surface area contributed by atoms with Crippen LogP contribution in [0.2, 0.25) is 0 Å². The minimum atomic E-state index is -1.05. The van der Waals surface area contributed by atoms with Crippen LogP contribution in [-0.4, -0.2) is 11.0 Å². The van der Waals surface area contributed by atoms with Crippen LogP contribution in [0.3, 0.4) is 0 Å². The second-order valence-electron chi connectivity index (χ2n) is 8.23. The molecule has 1 atom stereocenters. The summed E-state index contributed by atoms with van der Waals surface area (Å²) < 4.78 is 58.0. The zero-order chi connectivity index (χ0) is 25.7. The maximum atomic E-state index is 15.0. The molecule has 0 fully saturated rings. The lowest BCUT2D eigenvalue weighted by molar-refractivity contribution is 0.102. The van der Waals surface area contributed by atoms with Crippen LogP contribution in [0.15, 0.2) is 48.5 Å². The Morgan fingerprint density at radius 3 is 2.09 bits per heavy atom. The maximum absolute atomic E-state index is 15.0. The molecular formula is C26H25F4N3OS. The van der Waals surface area contributed by atoms with Gasteiger partial charge >= 0.3 is 0 Å². The predicted molar refractivity (Wildman–Crippen MR) is 135 cm³/mol. The van der Waals surface area contributed by atoms with Gasteiger partial charge in [-0.15, -0.1) is 0 Å². The van der Waals surface area contributed by atoms with Crippen molar-refractivity contribution in [3.63, 3.8) is 0 Å². The Hall–Kier alpha value is -3.46. The second-order valence-corrected chi connectivity index (χ2v) is 8.64. The Balaban J connectivity index is 1.71. The van der Waals surface area contributed by atoms with Gasteiger partial charge in [-0.05, 0) is 67.9 Å². The number of amides is 1. The molecule has 1 amide bonds. The normalized spacial score (nSPS) is 11.6. The Morgan fingerprint density at radius 1 is 0.886 bits per heavy atom. The number of halogens is 4. The smallest absolute Gasteiger partial charge is 0.258 e. The van der Waals surface area contributed by atoms with Crippen LogP contribution in [0.25, 0.3) is 0 Å². The van der Waals surface area contributed by atoms with Gasteiger partial charge < -0.3 is 16.0 Å². The number of rotatable bonds is 7. The van der Waals surface area contributed by atoms with Crippen LogP contribution < -0.4 is 16.0 Å². The van der Waals surface area contributed by atoms with Crippen LogP contribution in [0.4, 0.5) is 34.6 Å². The maximum Gasteiger partial charge on any atom is 0.258 e. The summed E-state index contributed by atoms with van der Waals surface area (Å²) in [4.78, 5) is 12.2. The van der Waals surface area contributed by atoms with Crippen LogP contribution in [0.1, 0.15) is 41.8 Å². The zero-order valence-corrected chi connectivity index (χ0v) is 20.3. The van der Waals surface area contributed by atoms with E-state index in [2.05, 4.69) is 16.0 Å². The fourth-order valence-corrected chi connectivity index (χ4v) is 3.61. The number of nitrogens with one attached hydrogen (secondary N) is 3. The van der Waals surface area contributed by atoms with Crippen molar-refractivity contribution >= 4 is 40.3 Å². The van der Waals surface area contributed by atoms with E-state index in [0.717, 1.165) is 6.42 Å². The van der Waals surface area contributed by atoms with E-state index in [9.17, 15) is 18.0 Å². The van der Waals surface area contributed by atoms with Crippen molar-refractivity contribution in [3.8, 4) is 0 Å². The lowest BCUT2D eigenvalue weighted by atomic mass is 9.95. The number of hydrogen-bond acceptors (Lipinski definition) is 2. The Morgan fingerprint density at radius 2 is 1.49 bits per heavy atom. The molecule has 0 spiro atoms. The molecule has 3 aromatic rings. The highest BCUT2D eigenvalue weighted by Gasteiger charge is 2.24. The number of hydrogen-bond donors (Lipinski definition) is 3. The summed E-state index contributed by atoms with van der Waals surface area (Å²) in [5, 5.41) is 7.76. The van der Waals surface area contributed by atoms with Crippen molar-refractivity contribution in [2.24, 2.45) is 5.92 Å². The van der Waals surface area contributed by atoms with Crippen molar-refractivity contribution < 1.29 is 22.4 Å². The van der Waals surface area contributed by atoms with Gasteiger partial charge in [0.05, 0.1) is 5.56 Å². The van der Waals surface area contributed by atoms with Crippen molar-refractivity contribution in [3.05, 3.63) is 88.5 Å². The van der Waals surface area contributed by atoms with Crippen LogP contribution in [0.5, 0.6) is 0 Å². The number of carbonyl (C=O) groups is 1. The molecule has 0 aromatic heterocycles. The molecule has 0 radical (unpaired) electrons. The van der Waals surface area contributed by atoms with Crippen LogP contribution in [-0.2, 0) is 6.42 Å². The van der Waals surface area contributed by atoms with Gasteiger partial charge in [-0.1, -0.05) is 32.4 Å². The molecule has 3 N–H and O–H groups in total. The highest BCUT2D eigenvalue weighted by Crippen LogP contribution is 2.31. The number of carbonyl (C=O) groups excluding carboxylic acids is 1. The van der Waals surface area contributed by atoms with Crippen molar-refractivity contribution in [2.75, 3.05) is 16.0 Å². The quantitative estimate of drug-likeness (QED) is 0.236. The lowest BCUT2D eigenvalue weighted by Gasteiger charge is -2.18. The first kappa shape index (κ1) is 26.2.